The smallest absolute Gasteiger partial charge is 0.157 e. The second-order valence-corrected chi connectivity index (χ2v) is 5.14. The van der Waals surface area contributed by atoms with Crippen LogP contribution in [0.2, 0.25) is 0 Å². The molecule has 3 rings (SSSR count). The summed E-state index contributed by atoms with van der Waals surface area (Å²) >= 11 is 0. The molecule has 19 heavy (non-hydrogen) atoms. The number of nitrogens with zero attached hydrogens (tertiary/aromatic N) is 4. The van der Waals surface area contributed by atoms with E-state index in [1.54, 1.807) is 6.33 Å². The van der Waals surface area contributed by atoms with Gasteiger partial charge in [0, 0.05) is 19.1 Å². The molecule has 6 heteroatoms. The van der Waals surface area contributed by atoms with Crippen molar-refractivity contribution in [1.29, 1.82) is 0 Å². The number of ether oxygens (including phenoxy) is 1. The Morgan fingerprint density at radius 3 is 3.11 bits per heavy atom. The quantitative estimate of drug-likeness (QED) is 0.857. The number of fused-ring (bicyclic) bond motifs is 1. The van der Waals surface area contributed by atoms with Gasteiger partial charge < -0.3 is 15.4 Å². The summed E-state index contributed by atoms with van der Waals surface area (Å²) in [6.45, 7) is 6.38. The molecule has 0 aromatic carbocycles. The lowest BCUT2D eigenvalue weighted by atomic mass is 10.1. The molecule has 2 atom stereocenters. The molecule has 0 radical (unpaired) electrons. The lowest BCUT2D eigenvalue weighted by molar-refractivity contribution is 0.0272. The topological polar surface area (TPSA) is 68.7 Å². The average molecular weight is 261 g/mol. The van der Waals surface area contributed by atoms with E-state index >= 15 is 0 Å². The third kappa shape index (κ3) is 2.29. The molecule has 1 saturated heterocycles. The number of anilines is 1. The summed E-state index contributed by atoms with van der Waals surface area (Å²) in [5.41, 5.74) is 8.00. The number of nitrogens with two attached hydrogens (primary N) is 1. The van der Waals surface area contributed by atoms with E-state index < -0.39 is 0 Å². The molecule has 6 nitrogen and oxygen atoms in total. The van der Waals surface area contributed by atoms with Gasteiger partial charge in [-0.2, -0.15) is 9.61 Å². The molecule has 0 spiro atoms. The van der Waals surface area contributed by atoms with Gasteiger partial charge in [0.15, 0.2) is 5.65 Å². The van der Waals surface area contributed by atoms with Gasteiger partial charge in [-0.25, -0.2) is 4.98 Å². The van der Waals surface area contributed by atoms with Crippen molar-refractivity contribution in [3.63, 3.8) is 0 Å². The first-order valence-corrected chi connectivity index (χ1v) is 6.57. The van der Waals surface area contributed by atoms with Gasteiger partial charge in [0.1, 0.15) is 12.1 Å². The maximum atomic E-state index is 5.94. The third-order valence-corrected chi connectivity index (χ3v) is 3.51. The predicted molar refractivity (Wildman–Crippen MR) is 73.3 cm³/mol. The van der Waals surface area contributed by atoms with Crippen LogP contribution in [0.25, 0.3) is 5.65 Å². The van der Waals surface area contributed by atoms with Gasteiger partial charge in [-0.3, -0.25) is 0 Å². The van der Waals surface area contributed by atoms with Gasteiger partial charge in [0.25, 0.3) is 0 Å². The average Bonchev–Trinajstić information content (AvgIpc) is 2.85. The van der Waals surface area contributed by atoms with Gasteiger partial charge in [-0.15, -0.1) is 0 Å². The minimum Gasteiger partial charge on any atom is -0.373 e. The van der Waals surface area contributed by atoms with Crippen LogP contribution in [0.5, 0.6) is 0 Å². The Morgan fingerprint density at radius 1 is 1.47 bits per heavy atom. The highest BCUT2D eigenvalue weighted by Gasteiger charge is 2.25. The van der Waals surface area contributed by atoms with Crippen molar-refractivity contribution in [1.82, 2.24) is 14.6 Å². The van der Waals surface area contributed by atoms with E-state index in [0.29, 0.717) is 6.61 Å². The van der Waals surface area contributed by atoms with Crippen molar-refractivity contribution in [2.45, 2.75) is 26.0 Å². The molecule has 1 aliphatic heterocycles. The number of aromatic nitrogens is 3. The van der Waals surface area contributed by atoms with Crippen LogP contribution in [0.15, 0.2) is 18.5 Å². The summed E-state index contributed by atoms with van der Waals surface area (Å²) in [6.07, 6.45) is 1.65. The minimum atomic E-state index is 0.0267. The van der Waals surface area contributed by atoms with Crippen molar-refractivity contribution in [2.24, 2.45) is 5.73 Å². The van der Waals surface area contributed by atoms with E-state index in [9.17, 15) is 0 Å². The molecule has 1 aliphatic rings. The number of rotatable bonds is 2. The zero-order chi connectivity index (χ0) is 13.4. The highest BCUT2D eigenvalue weighted by atomic mass is 16.5. The summed E-state index contributed by atoms with van der Waals surface area (Å²) in [5.74, 6) is 1.06. The van der Waals surface area contributed by atoms with Gasteiger partial charge in [0.05, 0.1) is 12.7 Å². The zero-order valence-corrected chi connectivity index (χ0v) is 11.3. The number of morpholine rings is 1. The number of hydrogen-bond acceptors (Lipinski definition) is 5. The largest absolute Gasteiger partial charge is 0.373 e. The van der Waals surface area contributed by atoms with Crippen molar-refractivity contribution in [2.75, 3.05) is 24.6 Å². The second kappa shape index (κ2) is 4.79. The summed E-state index contributed by atoms with van der Waals surface area (Å²) < 4.78 is 7.57. The van der Waals surface area contributed by atoms with E-state index in [1.807, 2.05) is 17.5 Å². The number of pyridine rings is 1. The molecule has 2 aromatic heterocycles. The molecule has 1 fully saturated rings. The van der Waals surface area contributed by atoms with Crippen LogP contribution in [0.1, 0.15) is 12.5 Å². The van der Waals surface area contributed by atoms with Crippen LogP contribution in [-0.2, 0) is 4.74 Å². The fraction of sp³-hybridized carbons (Fsp3) is 0.538. The van der Waals surface area contributed by atoms with Crippen LogP contribution in [0, 0.1) is 6.92 Å². The van der Waals surface area contributed by atoms with Gasteiger partial charge in [-0.1, -0.05) is 0 Å². The van der Waals surface area contributed by atoms with E-state index in [2.05, 4.69) is 28.0 Å². The first-order chi connectivity index (χ1) is 9.15. The SMILES string of the molecule is Cc1cc(N2CCOC(C(C)N)C2)n2ncnc2c1. The van der Waals surface area contributed by atoms with Gasteiger partial charge in [-0.05, 0) is 31.5 Å². The molecule has 2 N–H and O–H groups in total. The van der Waals surface area contributed by atoms with Crippen molar-refractivity contribution in [3.05, 3.63) is 24.0 Å². The van der Waals surface area contributed by atoms with Crippen LogP contribution in [0.4, 0.5) is 5.82 Å². The maximum absolute atomic E-state index is 5.94. The number of aryl methyl sites for hydroxylation is 1. The van der Waals surface area contributed by atoms with Crippen LogP contribution >= 0.6 is 0 Å². The summed E-state index contributed by atoms with van der Waals surface area (Å²) in [6, 6.07) is 4.18. The Bertz CT molecular complexity index is 579. The molecule has 0 saturated carbocycles. The Balaban J connectivity index is 1.97. The van der Waals surface area contributed by atoms with E-state index in [4.69, 9.17) is 10.5 Å². The normalized spacial score (nSPS) is 21.8. The fourth-order valence-electron chi connectivity index (χ4n) is 2.46. The summed E-state index contributed by atoms with van der Waals surface area (Å²) in [5, 5.41) is 4.30. The van der Waals surface area contributed by atoms with E-state index in [-0.39, 0.29) is 12.1 Å². The second-order valence-electron chi connectivity index (χ2n) is 5.14. The molecule has 2 unspecified atom stereocenters. The lowest BCUT2D eigenvalue weighted by Crippen LogP contribution is -2.50. The lowest BCUT2D eigenvalue weighted by Gasteiger charge is -2.36. The molecule has 3 heterocycles. The Kier molecular flexibility index (Phi) is 3.12. The standard InChI is InChI=1S/C13H19N5O/c1-9-5-12-15-8-16-18(12)13(6-9)17-3-4-19-11(7-17)10(2)14/h5-6,8,10-11H,3-4,7,14H2,1-2H3. The van der Waals surface area contributed by atoms with E-state index in [0.717, 1.165) is 24.6 Å². The zero-order valence-electron chi connectivity index (χ0n) is 11.3. The molecule has 0 bridgehead atoms. The van der Waals surface area contributed by atoms with Crippen molar-refractivity contribution in [3.8, 4) is 0 Å². The van der Waals surface area contributed by atoms with Crippen LogP contribution in [0.3, 0.4) is 0 Å². The molecule has 0 amide bonds. The van der Waals surface area contributed by atoms with E-state index in [1.165, 1.54) is 5.56 Å². The number of hydrogen-bond donors (Lipinski definition) is 1. The monoisotopic (exact) mass is 261 g/mol. The van der Waals surface area contributed by atoms with Crippen LogP contribution in [-0.4, -0.2) is 46.4 Å². The maximum Gasteiger partial charge on any atom is 0.157 e. The Labute approximate surface area is 112 Å². The highest BCUT2D eigenvalue weighted by molar-refractivity contribution is 5.53. The minimum absolute atomic E-state index is 0.0267. The fourth-order valence-corrected chi connectivity index (χ4v) is 2.46. The summed E-state index contributed by atoms with van der Waals surface area (Å²) in [7, 11) is 0. The molecule has 0 aliphatic carbocycles. The predicted octanol–water partition coefficient (Wildman–Crippen LogP) is 0.590. The van der Waals surface area contributed by atoms with Gasteiger partial charge >= 0.3 is 0 Å². The highest BCUT2D eigenvalue weighted by Crippen LogP contribution is 2.21. The van der Waals surface area contributed by atoms with Gasteiger partial charge in [0.2, 0.25) is 0 Å². The molecular formula is C13H19N5O. The van der Waals surface area contributed by atoms with Crippen LogP contribution < -0.4 is 10.6 Å². The molecule has 2 aromatic rings. The molecular weight excluding hydrogens is 242 g/mol. The third-order valence-electron chi connectivity index (χ3n) is 3.51. The van der Waals surface area contributed by atoms with Crippen molar-refractivity contribution < 1.29 is 4.74 Å². The first-order valence-electron chi connectivity index (χ1n) is 6.57. The Morgan fingerprint density at radius 2 is 2.32 bits per heavy atom. The first kappa shape index (κ1) is 12.4. The summed E-state index contributed by atoms with van der Waals surface area (Å²) in [4.78, 5) is 6.53. The van der Waals surface area contributed by atoms with Crippen molar-refractivity contribution >= 4 is 11.5 Å². The molecule has 102 valence electrons. The Hall–Kier alpha value is -1.66.